The number of nitrogens with zero attached hydrogens (tertiary/aromatic N) is 1. The Morgan fingerprint density at radius 1 is 1.00 bits per heavy atom. The first-order valence-electron chi connectivity index (χ1n) is 8.24. The molecular formula is C20H21NO2. The quantitative estimate of drug-likeness (QED) is 0.742. The van der Waals surface area contributed by atoms with Crippen LogP contribution < -0.4 is 4.90 Å². The average molecular weight is 307 g/mol. The molecule has 1 saturated carbocycles. The highest BCUT2D eigenvalue weighted by molar-refractivity contribution is 6.23. The van der Waals surface area contributed by atoms with Crippen LogP contribution in [-0.4, -0.2) is 11.8 Å². The van der Waals surface area contributed by atoms with Crippen molar-refractivity contribution in [3.05, 3.63) is 42.5 Å². The number of hydrogen-bond acceptors (Lipinski definition) is 2. The predicted octanol–water partition coefficient (Wildman–Crippen LogP) is 4.16. The van der Waals surface area contributed by atoms with Gasteiger partial charge in [-0.05, 0) is 29.7 Å². The Balaban J connectivity index is 1.93. The van der Waals surface area contributed by atoms with E-state index in [1.807, 2.05) is 49.4 Å². The second-order valence-electron chi connectivity index (χ2n) is 7.62. The number of fused-ring (bicyclic) bond motifs is 3. The molecule has 23 heavy (non-hydrogen) atoms. The van der Waals surface area contributed by atoms with Crippen LogP contribution in [0.1, 0.15) is 33.6 Å². The van der Waals surface area contributed by atoms with Gasteiger partial charge in [-0.15, -0.1) is 0 Å². The van der Waals surface area contributed by atoms with Crippen molar-refractivity contribution < 1.29 is 9.59 Å². The van der Waals surface area contributed by atoms with E-state index in [0.717, 1.165) is 29.3 Å². The molecule has 2 bridgehead atoms. The number of benzene rings is 2. The topological polar surface area (TPSA) is 37.4 Å². The molecule has 1 aliphatic carbocycles. The highest BCUT2D eigenvalue weighted by Gasteiger charge is 2.64. The van der Waals surface area contributed by atoms with E-state index in [4.69, 9.17) is 0 Å². The van der Waals surface area contributed by atoms with Crippen LogP contribution in [0.3, 0.4) is 0 Å². The summed E-state index contributed by atoms with van der Waals surface area (Å²) >= 11 is 0. The lowest BCUT2D eigenvalue weighted by molar-refractivity contribution is -0.146. The molecule has 118 valence electrons. The first-order chi connectivity index (χ1) is 10.9. The van der Waals surface area contributed by atoms with Crippen LogP contribution in [0.2, 0.25) is 0 Å². The van der Waals surface area contributed by atoms with Crippen molar-refractivity contribution in [1.29, 1.82) is 0 Å². The molecule has 1 saturated heterocycles. The summed E-state index contributed by atoms with van der Waals surface area (Å²) in [5.74, 6) is -0.159. The van der Waals surface area contributed by atoms with Gasteiger partial charge in [0.15, 0.2) is 0 Å². The van der Waals surface area contributed by atoms with Gasteiger partial charge in [0, 0.05) is 11.3 Å². The Morgan fingerprint density at radius 2 is 1.70 bits per heavy atom. The van der Waals surface area contributed by atoms with E-state index in [-0.39, 0.29) is 23.1 Å². The monoisotopic (exact) mass is 307 g/mol. The van der Waals surface area contributed by atoms with E-state index >= 15 is 0 Å². The van der Waals surface area contributed by atoms with E-state index in [9.17, 15) is 9.59 Å². The fourth-order valence-electron chi connectivity index (χ4n) is 4.45. The molecular weight excluding hydrogens is 286 g/mol. The molecule has 2 aliphatic rings. The summed E-state index contributed by atoms with van der Waals surface area (Å²) in [6, 6.07) is 13.7. The number of hydrogen-bond donors (Lipinski definition) is 0. The van der Waals surface area contributed by atoms with Gasteiger partial charge in [0.05, 0.1) is 11.1 Å². The van der Waals surface area contributed by atoms with Gasteiger partial charge in [-0.1, -0.05) is 57.2 Å². The van der Waals surface area contributed by atoms with Crippen LogP contribution >= 0.6 is 0 Å². The summed E-state index contributed by atoms with van der Waals surface area (Å²) in [7, 11) is 0. The lowest BCUT2D eigenvalue weighted by Crippen LogP contribution is -2.59. The summed E-state index contributed by atoms with van der Waals surface area (Å²) < 4.78 is 0. The number of carbonyl (C=O) groups excluding carboxylic acids is 2. The minimum atomic E-state index is -0.470. The van der Waals surface area contributed by atoms with E-state index < -0.39 is 5.41 Å². The number of anilines is 1. The minimum Gasteiger partial charge on any atom is -0.274 e. The average Bonchev–Trinajstić information content (AvgIpc) is 2.72. The predicted molar refractivity (Wildman–Crippen MR) is 91.1 cm³/mol. The lowest BCUT2D eigenvalue weighted by atomic mass is 9.62. The number of piperidine rings is 1. The maximum Gasteiger partial charge on any atom is 0.240 e. The molecule has 2 unspecified atom stereocenters. The van der Waals surface area contributed by atoms with Crippen LogP contribution in [0, 0.1) is 16.7 Å². The number of rotatable bonds is 1. The molecule has 3 nitrogen and oxygen atoms in total. The zero-order valence-corrected chi connectivity index (χ0v) is 13.8. The van der Waals surface area contributed by atoms with Crippen molar-refractivity contribution >= 4 is 28.3 Å². The standard InChI is InChI=1S/C20H21NO2/c1-19(2)15-11-12-20(19,3)18(23)21(17(15)22)16-10-6-8-13-7-4-5-9-14(13)16/h4-10,15H,11-12H2,1-3H3. The van der Waals surface area contributed by atoms with Crippen molar-refractivity contribution in [2.45, 2.75) is 33.6 Å². The van der Waals surface area contributed by atoms with Gasteiger partial charge in [-0.3, -0.25) is 9.59 Å². The molecule has 0 spiro atoms. The summed E-state index contributed by atoms with van der Waals surface area (Å²) in [5, 5.41) is 2.01. The molecule has 0 radical (unpaired) electrons. The molecule has 2 fully saturated rings. The van der Waals surface area contributed by atoms with E-state index in [1.54, 1.807) is 0 Å². The SMILES string of the molecule is CC12CCC(C(=O)N(c3cccc4ccccc34)C1=O)C2(C)C. The van der Waals surface area contributed by atoms with Crippen LogP contribution in [0.15, 0.2) is 42.5 Å². The molecule has 2 aromatic rings. The molecule has 2 amide bonds. The van der Waals surface area contributed by atoms with Crippen molar-refractivity contribution in [1.82, 2.24) is 0 Å². The Hall–Kier alpha value is -2.16. The van der Waals surface area contributed by atoms with Crippen molar-refractivity contribution in [3.63, 3.8) is 0 Å². The zero-order valence-electron chi connectivity index (χ0n) is 13.8. The fraction of sp³-hybridized carbons (Fsp3) is 0.400. The molecule has 0 N–H and O–H groups in total. The first-order valence-corrected chi connectivity index (χ1v) is 8.24. The van der Waals surface area contributed by atoms with Crippen LogP contribution in [0.4, 0.5) is 5.69 Å². The molecule has 2 atom stereocenters. The number of imide groups is 1. The Bertz CT molecular complexity index is 833. The Morgan fingerprint density at radius 3 is 2.48 bits per heavy atom. The molecule has 3 heteroatoms. The third-order valence-corrected chi connectivity index (χ3v) is 6.43. The number of amides is 2. The van der Waals surface area contributed by atoms with Crippen LogP contribution in [0.25, 0.3) is 10.8 Å². The molecule has 4 rings (SSSR count). The molecule has 1 aliphatic heterocycles. The zero-order chi connectivity index (χ0) is 16.4. The van der Waals surface area contributed by atoms with Gasteiger partial charge in [-0.2, -0.15) is 0 Å². The lowest BCUT2D eigenvalue weighted by Gasteiger charge is -2.47. The molecule has 0 aromatic heterocycles. The maximum absolute atomic E-state index is 13.3. The van der Waals surface area contributed by atoms with Crippen molar-refractivity contribution in [3.8, 4) is 0 Å². The van der Waals surface area contributed by atoms with Gasteiger partial charge in [-0.25, -0.2) is 4.90 Å². The van der Waals surface area contributed by atoms with Crippen molar-refractivity contribution in [2.24, 2.45) is 16.7 Å². The summed E-state index contributed by atoms with van der Waals surface area (Å²) in [6.07, 6.45) is 1.59. The van der Waals surface area contributed by atoms with E-state index in [0.29, 0.717) is 0 Å². The third-order valence-electron chi connectivity index (χ3n) is 6.43. The normalized spacial score (nSPS) is 29.3. The Kier molecular flexibility index (Phi) is 2.78. The third kappa shape index (κ3) is 1.65. The van der Waals surface area contributed by atoms with Gasteiger partial charge in [0.1, 0.15) is 0 Å². The van der Waals surface area contributed by atoms with Crippen molar-refractivity contribution in [2.75, 3.05) is 4.90 Å². The number of carbonyl (C=O) groups is 2. The van der Waals surface area contributed by atoms with Gasteiger partial charge >= 0.3 is 0 Å². The Labute approximate surface area is 136 Å². The van der Waals surface area contributed by atoms with Crippen LogP contribution in [0.5, 0.6) is 0 Å². The molecule has 1 heterocycles. The van der Waals surface area contributed by atoms with Gasteiger partial charge < -0.3 is 0 Å². The second kappa shape index (κ2) is 4.44. The largest absolute Gasteiger partial charge is 0.274 e. The van der Waals surface area contributed by atoms with E-state index in [2.05, 4.69) is 13.8 Å². The maximum atomic E-state index is 13.3. The molecule has 2 aromatic carbocycles. The second-order valence-corrected chi connectivity index (χ2v) is 7.62. The van der Waals surface area contributed by atoms with Crippen LogP contribution in [-0.2, 0) is 9.59 Å². The highest BCUT2D eigenvalue weighted by Crippen LogP contribution is 2.60. The summed E-state index contributed by atoms with van der Waals surface area (Å²) in [6.45, 7) is 6.17. The highest BCUT2D eigenvalue weighted by atomic mass is 16.2. The summed E-state index contributed by atoms with van der Waals surface area (Å²) in [5.41, 5.74) is -0.0168. The van der Waals surface area contributed by atoms with Gasteiger partial charge in [0.25, 0.3) is 0 Å². The fourth-order valence-corrected chi connectivity index (χ4v) is 4.45. The first kappa shape index (κ1) is 14.4. The van der Waals surface area contributed by atoms with Gasteiger partial charge in [0.2, 0.25) is 11.8 Å². The summed E-state index contributed by atoms with van der Waals surface area (Å²) in [4.78, 5) is 27.8. The minimum absolute atomic E-state index is 0.0358. The smallest absolute Gasteiger partial charge is 0.240 e. The van der Waals surface area contributed by atoms with E-state index in [1.165, 1.54) is 4.90 Å².